The van der Waals surface area contributed by atoms with Gasteiger partial charge in [0.1, 0.15) is 23.6 Å². The largest absolute Gasteiger partial charge is 0.397 e. The van der Waals surface area contributed by atoms with E-state index in [-0.39, 0.29) is 44.8 Å². The Morgan fingerprint density at radius 3 is 1.32 bits per heavy atom. The van der Waals surface area contributed by atoms with Crippen LogP contribution >= 0.6 is 0 Å². The summed E-state index contributed by atoms with van der Waals surface area (Å²) in [6.07, 6.45) is -4.16. The van der Waals surface area contributed by atoms with Gasteiger partial charge in [-0.3, -0.25) is 9.11 Å². The van der Waals surface area contributed by atoms with Crippen molar-refractivity contribution in [2.75, 3.05) is 0 Å². The molecule has 4 unspecified atom stereocenters. The van der Waals surface area contributed by atoms with E-state index in [9.17, 15) is 36.2 Å². The lowest BCUT2D eigenvalue weighted by molar-refractivity contribution is 0.162. The third-order valence-electron chi connectivity index (χ3n) is 9.70. The second-order valence-corrected chi connectivity index (χ2v) is 15.4. The van der Waals surface area contributed by atoms with Gasteiger partial charge in [-0.15, -0.1) is 0 Å². The van der Waals surface area contributed by atoms with E-state index in [4.69, 9.17) is 14.3 Å². The van der Waals surface area contributed by atoms with Gasteiger partial charge in [0.15, 0.2) is 9.49 Å². The molecule has 0 aliphatic heterocycles. The van der Waals surface area contributed by atoms with E-state index in [0.717, 1.165) is 0 Å². The van der Waals surface area contributed by atoms with Crippen molar-refractivity contribution in [2.24, 2.45) is 21.7 Å². The number of nitrogens with two attached hydrogens (primary N) is 2. The minimum atomic E-state index is -5.21. The Labute approximate surface area is 290 Å². The summed E-state index contributed by atoms with van der Waals surface area (Å²) < 4.78 is 84.9. The quantitative estimate of drug-likeness (QED) is 0.0992. The van der Waals surface area contributed by atoms with E-state index < -0.39 is 53.3 Å². The van der Waals surface area contributed by atoms with E-state index in [2.05, 4.69) is 21.3 Å². The first kappa shape index (κ1) is 32.1. The molecule has 16 heteroatoms. The SMILES string of the molecule is [H]/N=N/C1=C(N)c2ccccc2C(c2ccc(-c3ccc(C4(S(=O)(=O)O)c5ccccc5C(N)=C(/N=N/[H])C4O)cc3C)c(C)c2)(S(=O)(=O)O)C1O. The Kier molecular flexibility index (Phi) is 7.55. The Bertz CT molecular complexity index is 2340. The van der Waals surface area contributed by atoms with Crippen LogP contribution in [0.5, 0.6) is 0 Å². The van der Waals surface area contributed by atoms with Gasteiger partial charge in [0.25, 0.3) is 20.2 Å². The molecule has 14 nitrogen and oxygen atoms in total. The topological polar surface area (TPSA) is 274 Å². The molecule has 4 atom stereocenters. The molecule has 0 radical (unpaired) electrons. The summed E-state index contributed by atoms with van der Waals surface area (Å²) in [7, 11) is -10.4. The summed E-state index contributed by atoms with van der Waals surface area (Å²) in [5, 5.41) is 30.4. The van der Waals surface area contributed by atoms with Crippen molar-refractivity contribution in [2.45, 2.75) is 35.5 Å². The molecule has 0 saturated carbocycles. The molecule has 6 rings (SSSR count). The Morgan fingerprint density at radius 1 is 0.640 bits per heavy atom. The zero-order valence-corrected chi connectivity index (χ0v) is 28.1. The van der Waals surface area contributed by atoms with Crippen molar-refractivity contribution in [3.05, 3.63) is 141 Å². The van der Waals surface area contributed by atoms with Crippen LogP contribution < -0.4 is 11.5 Å². The molecule has 0 saturated heterocycles. The second-order valence-electron chi connectivity index (χ2n) is 12.2. The number of rotatable bonds is 7. The van der Waals surface area contributed by atoms with Crippen molar-refractivity contribution >= 4 is 31.6 Å². The van der Waals surface area contributed by atoms with E-state index in [1.54, 1.807) is 38.1 Å². The molecule has 0 aromatic heterocycles. The molecule has 0 bridgehead atoms. The highest BCUT2D eigenvalue weighted by atomic mass is 32.2. The molecule has 258 valence electrons. The van der Waals surface area contributed by atoms with E-state index in [0.29, 0.717) is 22.3 Å². The molecule has 4 aromatic carbocycles. The molecule has 2 aliphatic rings. The molecule has 0 fully saturated rings. The number of nitrogens with one attached hydrogen (secondary N) is 2. The molecule has 10 N–H and O–H groups in total. The predicted molar refractivity (Wildman–Crippen MR) is 183 cm³/mol. The highest BCUT2D eigenvalue weighted by molar-refractivity contribution is 7.87. The standard InChI is InChI=1S/C34H32N6O8S2/c1-17-15-19(33(49(43,44)45)25-9-5-3-7-23(25)27(35)29(39-37)31(33)41)11-13-21(17)22-14-12-20(16-18(22)2)34(50(46,47)48)26-10-6-4-8-24(26)28(36)30(40-38)32(34)42/h3-16,31-32,37-38,41-42H,35-36H2,1-2H3,(H,43,44,45)(H,46,47,48)/b39-37+,40-38+. The number of aryl methyl sites for hydroxylation is 2. The zero-order chi connectivity index (χ0) is 38.0. The monoisotopic (exact) mass is 716 g/mol. The maximum atomic E-state index is 13.4. The summed E-state index contributed by atoms with van der Waals surface area (Å²) >= 11 is 0. The number of fused-ring (bicyclic) bond motifs is 2. The van der Waals surface area contributed by atoms with E-state index in [1.807, 2.05) is 0 Å². The first-order chi connectivity index (χ1) is 24.5. The Morgan fingerprint density at radius 2 is 1.00 bits per heavy atom. The van der Waals surface area contributed by atoms with Gasteiger partial charge in [-0.05, 0) is 58.4 Å². The first-order valence-electron chi connectivity index (χ1n) is 15.8. The molecular weight excluding hydrogens is 685 g/mol. The highest BCUT2D eigenvalue weighted by Gasteiger charge is 2.59. The van der Waals surface area contributed by atoms with Crippen LogP contribution in [0.2, 0.25) is 2.82 Å². The van der Waals surface area contributed by atoms with Crippen LogP contribution in [0.15, 0.2) is 107 Å². The average Bonchev–Trinajstić information content (AvgIpc) is 3.08. The summed E-state index contributed by atoms with van der Waals surface area (Å²) in [5.74, 6) is 0. The number of hydrogen-bond donors (Lipinski definition) is 8. The van der Waals surface area contributed by atoms with Gasteiger partial charge < -0.3 is 21.7 Å². The summed E-state index contributed by atoms with van der Waals surface area (Å²) in [4.78, 5) is 0. The molecule has 0 spiro atoms. The van der Waals surface area contributed by atoms with Crippen LogP contribution in [0, 0.1) is 24.9 Å². The third-order valence-corrected chi connectivity index (χ3v) is 12.7. The maximum Gasteiger partial charge on any atom is 0.282 e. The molecular formula is C34H32N6O8S2. The van der Waals surface area contributed by atoms with Crippen molar-refractivity contribution in [1.82, 2.24) is 0 Å². The minimum absolute atomic E-state index is 0.0278. The van der Waals surface area contributed by atoms with Crippen LogP contribution in [0.1, 0.15) is 44.5 Å². The first-order valence-corrected chi connectivity index (χ1v) is 17.8. The molecule has 0 heterocycles. The molecule has 2 aliphatic carbocycles. The maximum absolute atomic E-state index is 13.4. The number of benzene rings is 4. The summed E-state index contributed by atoms with van der Waals surface area (Å²) in [5.41, 5.74) is 19.4. The Balaban J connectivity index is 1.55. The van der Waals surface area contributed by atoms with E-state index >= 15 is 0 Å². The van der Waals surface area contributed by atoms with Gasteiger partial charge in [0.05, 0.1) is 11.4 Å². The lowest BCUT2D eigenvalue weighted by atomic mass is 9.75. The highest BCUT2D eigenvalue weighted by Crippen LogP contribution is 2.52. The number of hydrogen-bond acceptors (Lipinski definition) is 12. The molecule has 0 amide bonds. The number of aliphatic hydroxyl groups is 2. The van der Waals surface area contributed by atoms with Crippen LogP contribution in [-0.2, 0) is 29.7 Å². The summed E-state index contributed by atoms with van der Waals surface area (Å²) in [6, 6.07) is 20.8. The number of aliphatic hydroxyl groups excluding tert-OH is 2. The summed E-state index contributed by atoms with van der Waals surface area (Å²) in [6.45, 7) is 3.32. The van der Waals surface area contributed by atoms with Gasteiger partial charge in [-0.1, -0.05) is 84.9 Å². The fourth-order valence-electron chi connectivity index (χ4n) is 7.43. The fraction of sp³-hybridized carbons (Fsp3) is 0.176. The minimum Gasteiger partial charge on any atom is -0.397 e. The van der Waals surface area contributed by atoms with Gasteiger partial charge in [-0.25, -0.2) is 11.0 Å². The molecule has 50 heavy (non-hydrogen) atoms. The van der Waals surface area contributed by atoms with Crippen LogP contribution in [0.4, 0.5) is 0 Å². The van der Waals surface area contributed by atoms with Gasteiger partial charge in [-0.2, -0.15) is 27.1 Å². The normalized spacial score (nSPS) is 24.7. The van der Waals surface area contributed by atoms with Crippen LogP contribution in [0.25, 0.3) is 22.5 Å². The smallest absolute Gasteiger partial charge is 0.282 e. The lowest BCUT2D eigenvalue weighted by Crippen LogP contribution is -2.51. The van der Waals surface area contributed by atoms with Crippen molar-refractivity contribution in [3.63, 3.8) is 0 Å². The van der Waals surface area contributed by atoms with Crippen molar-refractivity contribution in [1.29, 1.82) is 11.0 Å². The van der Waals surface area contributed by atoms with Crippen molar-refractivity contribution in [3.8, 4) is 11.1 Å². The second kappa shape index (κ2) is 11.8. The van der Waals surface area contributed by atoms with Gasteiger partial charge in [0, 0.05) is 11.1 Å². The average molecular weight is 717 g/mol. The predicted octanol–water partition coefficient (Wildman–Crippen LogP) is 4.30. The van der Waals surface area contributed by atoms with Crippen LogP contribution in [0.3, 0.4) is 0 Å². The third kappa shape index (κ3) is 4.53. The molecule has 4 aromatic rings. The lowest BCUT2D eigenvalue weighted by Gasteiger charge is -2.41. The fourth-order valence-corrected chi connectivity index (χ4v) is 9.98. The van der Waals surface area contributed by atoms with Crippen molar-refractivity contribution < 1.29 is 39.0 Å². The Hall–Kier alpha value is -5.10. The number of nitrogens with zero attached hydrogens (tertiary/aromatic N) is 2. The van der Waals surface area contributed by atoms with Crippen LogP contribution in [-0.4, -0.2) is 48.4 Å². The zero-order valence-electron chi connectivity index (χ0n) is 28.4. The van der Waals surface area contributed by atoms with E-state index in [1.165, 1.54) is 60.7 Å². The van der Waals surface area contributed by atoms with Gasteiger partial charge >= 0.3 is 0 Å². The van der Waals surface area contributed by atoms with Gasteiger partial charge in [0.2, 0.25) is 2.82 Å².